The summed E-state index contributed by atoms with van der Waals surface area (Å²) in [6.07, 6.45) is 1.94. The Morgan fingerprint density at radius 2 is 2.11 bits per heavy atom. The van der Waals surface area contributed by atoms with Crippen molar-refractivity contribution in [3.05, 3.63) is 34.4 Å². The second-order valence-corrected chi connectivity index (χ2v) is 5.60. The second kappa shape index (κ2) is 4.97. The lowest BCUT2D eigenvalue weighted by molar-refractivity contribution is -0.387. The van der Waals surface area contributed by atoms with Gasteiger partial charge in [0.15, 0.2) is 0 Å². The molecule has 0 aromatic heterocycles. The first-order valence-electron chi connectivity index (χ1n) is 5.60. The number of carboxylic acid groups (broad SMARTS) is 1. The predicted molar refractivity (Wildman–Crippen MR) is 67.7 cm³/mol. The third-order valence-electron chi connectivity index (χ3n) is 3.08. The van der Waals surface area contributed by atoms with E-state index in [1.165, 1.54) is 17.8 Å². The monoisotopic (exact) mass is 267 g/mol. The molecule has 1 aliphatic carbocycles. The predicted octanol–water partition coefficient (Wildman–Crippen LogP) is 2.94. The van der Waals surface area contributed by atoms with Crippen LogP contribution in [0.1, 0.15) is 19.3 Å². The van der Waals surface area contributed by atoms with Crippen LogP contribution >= 0.6 is 11.8 Å². The minimum Gasteiger partial charge on any atom is -0.481 e. The molecule has 0 saturated heterocycles. The van der Waals surface area contributed by atoms with E-state index < -0.39 is 10.9 Å². The Hall–Kier alpha value is -1.56. The van der Waals surface area contributed by atoms with Gasteiger partial charge in [0.1, 0.15) is 0 Å². The molecular weight excluding hydrogens is 254 g/mol. The Kier molecular flexibility index (Phi) is 3.56. The van der Waals surface area contributed by atoms with Gasteiger partial charge in [0.25, 0.3) is 5.69 Å². The van der Waals surface area contributed by atoms with E-state index in [0.717, 1.165) is 12.8 Å². The van der Waals surface area contributed by atoms with E-state index in [1.54, 1.807) is 18.2 Å². The van der Waals surface area contributed by atoms with Crippen molar-refractivity contribution in [2.75, 3.05) is 5.75 Å². The molecule has 1 N–H and O–H groups in total. The van der Waals surface area contributed by atoms with Crippen LogP contribution in [-0.2, 0) is 4.79 Å². The van der Waals surface area contributed by atoms with Gasteiger partial charge in [0.2, 0.25) is 0 Å². The molecular formula is C12H13NO4S. The topological polar surface area (TPSA) is 80.4 Å². The van der Waals surface area contributed by atoms with E-state index in [4.69, 9.17) is 5.11 Å². The molecule has 1 aliphatic rings. The van der Waals surface area contributed by atoms with E-state index in [-0.39, 0.29) is 17.5 Å². The number of benzene rings is 1. The van der Waals surface area contributed by atoms with Gasteiger partial charge in [0, 0.05) is 11.8 Å². The zero-order valence-electron chi connectivity index (χ0n) is 9.67. The zero-order valence-corrected chi connectivity index (χ0v) is 10.5. The van der Waals surface area contributed by atoms with Gasteiger partial charge in [-0.25, -0.2) is 0 Å². The standard InChI is InChI=1S/C12H13NO4S/c14-11(15)7-12(5-6-12)8-18-10-4-2-1-3-9(10)13(16)17/h1-4H,5-8H2,(H,14,15). The van der Waals surface area contributed by atoms with Crippen molar-refractivity contribution < 1.29 is 14.8 Å². The highest BCUT2D eigenvalue weighted by Crippen LogP contribution is 2.52. The summed E-state index contributed by atoms with van der Waals surface area (Å²) in [4.78, 5) is 21.8. The third-order valence-corrected chi connectivity index (χ3v) is 4.49. The summed E-state index contributed by atoms with van der Waals surface area (Å²) < 4.78 is 0. The van der Waals surface area contributed by atoms with Crippen LogP contribution in [0.2, 0.25) is 0 Å². The van der Waals surface area contributed by atoms with Crippen molar-refractivity contribution in [2.45, 2.75) is 24.2 Å². The Labute approximate surface area is 108 Å². The fraction of sp³-hybridized carbons (Fsp3) is 0.417. The Balaban J connectivity index is 2.03. The molecule has 1 fully saturated rings. The number of nitro benzene ring substituents is 1. The molecule has 1 saturated carbocycles. The lowest BCUT2D eigenvalue weighted by Crippen LogP contribution is -2.11. The summed E-state index contributed by atoms with van der Waals surface area (Å²) in [7, 11) is 0. The number of nitrogens with zero attached hydrogens (tertiary/aromatic N) is 1. The fourth-order valence-electron chi connectivity index (χ4n) is 1.83. The van der Waals surface area contributed by atoms with Crippen molar-refractivity contribution in [1.82, 2.24) is 0 Å². The van der Waals surface area contributed by atoms with E-state index in [0.29, 0.717) is 10.6 Å². The van der Waals surface area contributed by atoms with E-state index in [9.17, 15) is 14.9 Å². The van der Waals surface area contributed by atoms with Gasteiger partial charge in [-0.3, -0.25) is 14.9 Å². The highest BCUT2D eigenvalue weighted by atomic mass is 32.2. The minimum atomic E-state index is -0.796. The number of hydrogen-bond donors (Lipinski definition) is 1. The maximum absolute atomic E-state index is 10.8. The summed E-state index contributed by atoms with van der Waals surface area (Å²) in [6, 6.07) is 6.57. The summed E-state index contributed by atoms with van der Waals surface area (Å²) in [5.41, 5.74) is -0.0612. The van der Waals surface area contributed by atoms with Crippen molar-refractivity contribution >= 4 is 23.4 Å². The molecule has 5 nitrogen and oxygen atoms in total. The molecule has 2 rings (SSSR count). The van der Waals surface area contributed by atoms with Gasteiger partial charge < -0.3 is 5.11 Å². The maximum atomic E-state index is 10.8. The van der Waals surface area contributed by atoms with Crippen LogP contribution in [0, 0.1) is 15.5 Å². The number of rotatable bonds is 6. The number of thioether (sulfide) groups is 1. The lowest BCUT2D eigenvalue weighted by atomic mass is 10.1. The molecule has 0 unspecified atom stereocenters. The molecule has 0 amide bonds. The van der Waals surface area contributed by atoms with Crippen LogP contribution in [-0.4, -0.2) is 21.8 Å². The van der Waals surface area contributed by atoms with Crippen LogP contribution in [0.5, 0.6) is 0 Å². The van der Waals surface area contributed by atoms with E-state index in [2.05, 4.69) is 0 Å². The average Bonchev–Trinajstić information content (AvgIpc) is 3.06. The van der Waals surface area contributed by atoms with Gasteiger partial charge >= 0.3 is 5.97 Å². The number of para-hydroxylation sites is 1. The Bertz CT molecular complexity index is 485. The van der Waals surface area contributed by atoms with E-state index >= 15 is 0 Å². The number of carbonyl (C=O) groups is 1. The van der Waals surface area contributed by atoms with E-state index in [1.807, 2.05) is 0 Å². The normalized spacial score (nSPS) is 16.2. The smallest absolute Gasteiger partial charge is 0.303 e. The summed E-state index contributed by atoms with van der Waals surface area (Å²) in [6.45, 7) is 0. The average molecular weight is 267 g/mol. The van der Waals surface area contributed by atoms with Crippen LogP contribution in [0.3, 0.4) is 0 Å². The first-order valence-corrected chi connectivity index (χ1v) is 6.59. The molecule has 0 heterocycles. The van der Waals surface area contributed by atoms with Gasteiger partial charge in [-0.2, -0.15) is 0 Å². The zero-order chi connectivity index (χ0) is 13.2. The lowest BCUT2D eigenvalue weighted by Gasteiger charge is -2.11. The Morgan fingerprint density at radius 1 is 1.44 bits per heavy atom. The van der Waals surface area contributed by atoms with Crippen molar-refractivity contribution in [2.24, 2.45) is 5.41 Å². The van der Waals surface area contributed by atoms with Gasteiger partial charge in [-0.1, -0.05) is 12.1 Å². The maximum Gasteiger partial charge on any atom is 0.303 e. The summed E-state index contributed by atoms with van der Waals surface area (Å²) in [5, 5.41) is 19.6. The first-order chi connectivity index (χ1) is 8.52. The number of aliphatic carboxylic acids is 1. The summed E-state index contributed by atoms with van der Waals surface area (Å²) in [5.74, 6) is -0.167. The highest BCUT2D eigenvalue weighted by molar-refractivity contribution is 7.99. The SMILES string of the molecule is O=C(O)CC1(CSc2ccccc2[N+](=O)[O-])CC1. The van der Waals surface area contributed by atoms with Crippen LogP contribution in [0.25, 0.3) is 0 Å². The Morgan fingerprint density at radius 3 is 2.67 bits per heavy atom. The first kappa shape index (κ1) is 12.9. The van der Waals surface area contributed by atoms with Crippen molar-refractivity contribution in [3.8, 4) is 0 Å². The molecule has 0 atom stereocenters. The molecule has 1 aromatic rings. The van der Waals surface area contributed by atoms with Crippen LogP contribution in [0.15, 0.2) is 29.2 Å². The van der Waals surface area contributed by atoms with Crippen LogP contribution in [0.4, 0.5) is 5.69 Å². The number of hydrogen-bond acceptors (Lipinski definition) is 4. The number of carboxylic acids is 1. The summed E-state index contributed by atoms with van der Waals surface area (Å²) >= 11 is 1.38. The molecule has 0 radical (unpaired) electrons. The largest absolute Gasteiger partial charge is 0.481 e. The molecule has 0 bridgehead atoms. The van der Waals surface area contributed by atoms with Crippen LogP contribution < -0.4 is 0 Å². The highest BCUT2D eigenvalue weighted by Gasteiger charge is 2.44. The molecule has 18 heavy (non-hydrogen) atoms. The fourth-order valence-corrected chi connectivity index (χ4v) is 3.15. The second-order valence-electron chi connectivity index (χ2n) is 4.58. The van der Waals surface area contributed by atoms with Crippen molar-refractivity contribution in [3.63, 3.8) is 0 Å². The number of nitro groups is 1. The van der Waals surface area contributed by atoms with Gasteiger partial charge in [0.05, 0.1) is 16.2 Å². The van der Waals surface area contributed by atoms with Crippen molar-refractivity contribution in [1.29, 1.82) is 0 Å². The molecule has 0 aliphatic heterocycles. The molecule has 1 aromatic carbocycles. The quantitative estimate of drug-likeness (QED) is 0.487. The molecule has 0 spiro atoms. The third kappa shape index (κ3) is 3.01. The van der Waals surface area contributed by atoms with Gasteiger partial charge in [-0.15, -0.1) is 11.8 Å². The molecule has 6 heteroatoms. The molecule has 96 valence electrons. The van der Waals surface area contributed by atoms with Gasteiger partial charge in [-0.05, 0) is 24.3 Å². The minimum absolute atomic E-state index is 0.0913.